The minimum atomic E-state index is -1.11. The molecule has 1 saturated carbocycles. The van der Waals surface area contributed by atoms with Gasteiger partial charge in [-0.15, -0.1) is 0 Å². The molecule has 2 amide bonds. The lowest BCUT2D eigenvalue weighted by Gasteiger charge is -2.22. The number of rotatable bonds is 9. The van der Waals surface area contributed by atoms with Crippen molar-refractivity contribution in [2.45, 2.75) is 78.4 Å². The SMILES string of the molecule is CC.CC(=O)O[C@@H](C)C(=O)NC(=S)Nc1ccc(C2CCCCC2)cc1.O=C(CF)NC(=S)Nc1cccc(OCc2ccccc2)c1. The summed E-state index contributed by atoms with van der Waals surface area (Å²) in [7, 11) is 0. The van der Waals surface area contributed by atoms with Gasteiger partial charge < -0.3 is 25.4 Å². The molecule has 9 nitrogen and oxygen atoms in total. The Morgan fingerprint density at radius 1 is 0.833 bits per heavy atom. The van der Waals surface area contributed by atoms with E-state index in [9.17, 15) is 18.8 Å². The molecule has 3 aromatic rings. The first-order valence-corrected chi connectivity index (χ1v) is 16.8. The highest BCUT2D eigenvalue weighted by atomic mass is 32.1. The summed E-state index contributed by atoms with van der Waals surface area (Å²) >= 11 is 10.0. The maximum atomic E-state index is 12.1. The molecule has 0 aliphatic heterocycles. The van der Waals surface area contributed by atoms with E-state index in [4.69, 9.17) is 33.9 Å². The van der Waals surface area contributed by atoms with E-state index in [1.165, 1.54) is 51.5 Å². The molecule has 12 heteroatoms. The lowest BCUT2D eigenvalue weighted by atomic mass is 9.84. The van der Waals surface area contributed by atoms with Crippen LogP contribution in [0.1, 0.15) is 76.8 Å². The van der Waals surface area contributed by atoms with E-state index in [-0.39, 0.29) is 10.2 Å². The molecule has 258 valence electrons. The fourth-order valence-electron chi connectivity index (χ4n) is 4.68. The van der Waals surface area contributed by atoms with Crippen molar-refractivity contribution in [3.63, 3.8) is 0 Å². The summed E-state index contributed by atoms with van der Waals surface area (Å²) in [5.74, 6) is -0.428. The molecule has 48 heavy (non-hydrogen) atoms. The lowest BCUT2D eigenvalue weighted by molar-refractivity contribution is -0.152. The average Bonchev–Trinajstić information content (AvgIpc) is 3.09. The summed E-state index contributed by atoms with van der Waals surface area (Å²) < 4.78 is 22.6. The molecule has 0 radical (unpaired) electrons. The smallest absolute Gasteiger partial charge is 0.303 e. The van der Waals surface area contributed by atoms with Crippen molar-refractivity contribution in [2.24, 2.45) is 0 Å². The van der Waals surface area contributed by atoms with Crippen molar-refractivity contribution in [3.05, 3.63) is 90.0 Å². The Labute approximate surface area is 293 Å². The van der Waals surface area contributed by atoms with Crippen molar-refractivity contribution in [3.8, 4) is 5.75 Å². The molecule has 4 rings (SSSR count). The molecule has 3 aromatic carbocycles. The highest BCUT2D eigenvalue weighted by molar-refractivity contribution is 7.80. The van der Waals surface area contributed by atoms with Gasteiger partial charge in [0.05, 0.1) is 0 Å². The first kappa shape index (κ1) is 39.8. The predicted molar refractivity (Wildman–Crippen MR) is 197 cm³/mol. The zero-order valence-corrected chi connectivity index (χ0v) is 29.5. The number of halogens is 1. The molecule has 0 heterocycles. The van der Waals surface area contributed by atoms with E-state index < -0.39 is 30.6 Å². The van der Waals surface area contributed by atoms with Gasteiger partial charge >= 0.3 is 5.97 Å². The number of benzene rings is 3. The second kappa shape index (κ2) is 22.2. The molecule has 1 aliphatic rings. The minimum Gasteiger partial charge on any atom is -0.489 e. The van der Waals surface area contributed by atoms with Gasteiger partial charge in [-0.1, -0.05) is 81.6 Å². The Morgan fingerprint density at radius 3 is 2.08 bits per heavy atom. The van der Waals surface area contributed by atoms with Crippen molar-refractivity contribution >= 4 is 63.8 Å². The second-order valence-electron chi connectivity index (χ2n) is 10.6. The van der Waals surface area contributed by atoms with Crippen molar-refractivity contribution in [2.75, 3.05) is 17.3 Å². The number of ether oxygens (including phenoxy) is 2. The third-order valence-corrected chi connectivity index (χ3v) is 7.32. The Balaban J connectivity index is 0.000000318. The summed E-state index contributed by atoms with van der Waals surface area (Å²) in [5, 5.41) is 10.7. The number of thiocarbonyl (C=S) groups is 2. The van der Waals surface area contributed by atoms with Crippen LogP contribution >= 0.6 is 24.4 Å². The quantitative estimate of drug-likeness (QED) is 0.133. The number of anilines is 2. The van der Waals surface area contributed by atoms with Gasteiger partial charge in [0.25, 0.3) is 11.8 Å². The fourth-order valence-corrected chi connectivity index (χ4v) is 5.13. The van der Waals surface area contributed by atoms with Crippen molar-refractivity contribution < 1.29 is 28.2 Å². The van der Waals surface area contributed by atoms with Crippen LogP contribution in [0.5, 0.6) is 5.75 Å². The summed E-state index contributed by atoms with van der Waals surface area (Å²) in [5.41, 5.74) is 3.89. The number of carbonyl (C=O) groups excluding carboxylic acids is 3. The van der Waals surface area contributed by atoms with Crippen LogP contribution in [0.25, 0.3) is 0 Å². The molecule has 0 bridgehead atoms. The van der Waals surface area contributed by atoms with E-state index in [2.05, 4.69) is 33.4 Å². The number of hydrogen-bond donors (Lipinski definition) is 4. The van der Waals surface area contributed by atoms with Crippen molar-refractivity contribution in [1.82, 2.24) is 10.6 Å². The third kappa shape index (κ3) is 15.4. The predicted octanol–water partition coefficient (Wildman–Crippen LogP) is 7.57. The average molecular weight is 697 g/mol. The first-order valence-electron chi connectivity index (χ1n) is 16.0. The summed E-state index contributed by atoms with van der Waals surface area (Å²) in [4.78, 5) is 33.6. The largest absolute Gasteiger partial charge is 0.489 e. The molecular weight excluding hydrogens is 652 g/mol. The van der Waals surface area contributed by atoms with Gasteiger partial charge in [0.2, 0.25) is 0 Å². The van der Waals surface area contributed by atoms with Gasteiger partial charge in [-0.05, 0) is 85.5 Å². The molecule has 0 saturated heterocycles. The number of esters is 1. The second-order valence-corrected chi connectivity index (χ2v) is 11.4. The van der Waals surface area contributed by atoms with Crippen LogP contribution in [0.4, 0.5) is 15.8 Å². The molecule has 0 unspecified atom stereocenters. The standard InChI is InChI=1S/C18H24N2O3S.C16H15FN2O2S.C2H6/c1-12(23-13(2)21)17(22)20-18(24)19-16-10-8-15(9-11-16)14-6-4-3-5-7-14;17-10-15(20)19-16(22)18-13-7-4-8-14(9-13)21-11-12-5-2-1-3-6-12;1-2/h8-12,14H,3-7H2,1-2H3,(H2,19,20,22,24);1-9H,10-11H2,(H2,18,19,20,22);1-2H3/t12-;;/m0../s1. The summed E-state index contributed by atoms with van der Waals surface area (Å²) in [6.07, 6.45) is 5.60. The van der Waals surface area contributed by atoms with Gasteiger partial charge in [0.15, 0.2) is 23.0 Å². The Morgan fingerprint density at radius 2 is 1.46 bits per heavy atom. The Kier molecular flexibility index (Phi) is 18.4. The topological polar surface area (TPSA) is 118 Å². The van der Waals surface area contributed by atoms with Crippen LogP contribution in [-0.4, -0.2) is 40.8 Å². The van der Waals surface area contributed by atoms with Crippen LogP contribution in [0, 0.1) is 0 Å². The molecule has 1 atom stereocenters. The van der Waals surface area contributed by atoms with Crippen molar-refractivity contribution in [1.29, 1.82) is 0 Å². The number of hydrogen-bond acceptors (Lipinski definition) is 7. The van der Waals surface area contributed by atoms with E-state index in [0.717, 1.165) is 11.3 Å². The molecule has 0 spiro atoms. The molecule has 4 N–H and O–H groups in total. The monoisotopic (exact) mass is 696 g/mol. The van der Waals surface area contributed by atoms with E-state index in [0.29, 0.717) is 24.0 Å². The molecule has 1 fully saturated rings. The maximum absolute atomic E-state index is 12.1. The number of alkyl halides is 1. The maximum Gasteiger partial charge on any atom is 0.303 e. The van der Waals surface area contributed by atoms with Crippen LogP contribution in [0.3, 0.4) is 0 Å². The fraction of sp³-hybridized carbons (Fsp3) is 0.361. The highest BCUT2D eigenvalue weighted by Gasteiger charge is 2.18. The zero-order chi connectivity index (χ0) is 35.3. The first-order chi connectivity index (χ1) is 23.1. The Bertz CT molecular complexity index is 1470. The highest BCUT2D eigenvalue weighted by Crippen LogP contribution is 2.33. The normalized spacial score (nSPS) is 12.7. The van der Waals surface area contributed by atoms with Gasteiger partial charge in [-0.25, -0.2) is 4.39 Å². The van der Waals surface area contributed by atoms with Crippen LogP contribution in [0.2, 0.25) is 0 Å². The van der Waals surface area contributed by atoms with E-state index >= 15 is 0 Å². The van der Waals surface area contributed by atoms with Crippen LogP contribution in [0.15, 0.2) is 78.9 Å². The molecule has 0 aromatic heterocycles. The van der Waals surface area contributed by atoms with Gasteiger partial charge in [-0.3, -0.25) is 19.7 Å². The van der Waals surface area contributed by atoms with Crippen LogP contribution < -0.4 is 26.0 Å². The minimum absolute atomic E-state index is 0.0443. The van der Waals surface area contributed by atoms with Gasteiger partial charge in [0.1, 0.15) is 12.4 Å². The van der Waals surface area contributed by atoms with Gasteiger partial charge in [-0.2, -0.15) is 0 Å². The van der Waals surface area contributed by atoms with E-state index in [1.807, 2.05) is 62.4 Å². The Hall–Kier alpha value is -4.42. The zero-order valence-electron chi connectivity index (χ0n) is 27.8. The molecule has 1 aliphatic carbocycles. The summed E-state index contributed by atoms with van der Waals surface area (Å²) in [6.45, 7) is 6.10. The van der Waals surface area contributed by atoms with E-state index in [1.54, 1.807) is 18.2 Å². The lowest BCUT2D eigenvalue weighted by Crippen LogP contribution is -2.41. The summed E-state index contributed by atoms with van der Waals surface area (Å²) in [6, 6.07) is 25.1. The van der Waals surface area contributed by atoms with Crippen LogP contribution in [-0.2, 0) is 25.7 Å². The van der Waals surface area contributed by atoms with Gasteiger partial charge in [0, 0.05) is 24.4 Å². The number of amides is 2. The third-order valence-electron chi connectivity index (χ3n) is 6.91. The number of carbonyl (C=O) groups is 3. The number of nitrogens with one attached hydrogen (secondary N) is 4. The molecular formula is C36H45FN4O5S2.